The lowest BCUT2D eigenvalue weighted by Gasteiger charge is -2.45. The zero-order chi connectivity index (χ0) is 32.6. The highest BCUT2D eigenvalue weighted by Gasteiger charge is 2.50. The van der Waals surface area contributed by atoms with Gasteiger partial charge in [0.15, 0.2) is 12.6 Å². The maximum absolute atomic E-state index is 11.4. The van der Waals surface area contributed by atoms with E-state index in [-0.39, 0.29) is 0 Å². The van der Waals surface area contributed by atoms with Crippen LogP contribution >= 0.6 is 0 Å². The molecular weight excluding hydrogens is 596 g/mol. The van der Waals surface area contributed by atoms with Crippen LogP contribution in [0.2, 0.25) is 0 Å². The van der Waals surface area contributed by atoms with E-state index in [1.165, 1.54) is 0 Å². The number of rotatable bonds is 17. The van der Waals surface area contributed by atoms with Crippen LogP contribution in [0.15, 0.2) is 0 Å². The Morgan fingerprint density at radius 1 is 0.674 bits per heavy atom. The van der Waals surface area contributed by atoms with Crippen molar-refractivity contribution in [3.8, 4) is 0 Å². The third kappa shape index (κ3) is 10.5. The second-order valence-corrected chi connectivity index (χ2v) is 9.78. The fourth-order valence-electron chi connectivity index (χ4n) is 4.43. The van der Waals surface area contributed by atoms with Crippen molar-refractivity contribution >= 4 is 23.9 Å². The summed E-state index contributed by atoms with van der Waals surface area (Å²) < 4.78 is 21.4. The van der Waals surface area contributed by atoms with E-state index in [0.717, 1.165) is 4.90 Å². The first-order valence-electron chi connectivity index (χ1n) is 12.7. The van der Waals surface area contributed by atoms with Crippen LogP contribution in [0, 0.1) is 0 Å². The van der Waals surface area contributed by atoms with Gasteiger partial charge in [-0.2, -0.15) is 0 Å². The van der Waals surface area contributed by atoms with Gasteiger partial charge >= 0.3 is 23.9 Å². The number of carbonyl (C=O) groups is 4. The summed E-state index contributed by atoms with van der Waals surface area (Å²) in [7, 11) is 0. The van der Waals surface area contributed by atoms with Gasteiger partial charge in [-0.3, -0.25) is 29.0 Å². The zero-order valence-corrected chi connectivity index (χ0v) is 22.4. The quantitative estimate of drug-likeness (QED) is 0.0663. The number of carboxylic acid groups (broad SMARTS) is 4. The molecule has 2 aliphatic heterocycles. The molecule has 0 aromatic heterocycles. The molecule has 2 saturated heterocycles. The van der Waals surface area contributed by atoms with Gasteiger partial charge < -0.3 is 75.1 Å². The summed E-state index contributed by atoms with van der Waals surface area (Å²) in [6.07, 6.45) is -20.0. The monoisotopic (exact) mass is 632 g/mol. The van der Waals surface area contributed by atoms with E-state index >= 15 is 0 Å². The van der Waals surface area contributed by atoms with Crippen molar-refractivity contribution in [3.05, 3.63) is 0 Å². The second kappa shape index (κ2) is 16.4. The molecule has 0 aliphatic carbocycles. The largest absolute Gasteiger partial charge is 0.480 e. The highest BCUT2D eigenvalue weighted by Crippen LogP contribution is 2.29. The SMILES string of the molecule is O=C(O)CN(CC(=O)O)CC(OC[C@H]1O[C@@H](O[C@H]2[C@H](O)[C@@H](O)[C@@H](O)O[C@@H]2CO)[C@H](O)[C@@H](O)[C@H]1O)N(CC(=O)O)CC(=O)O. The Bertz CT molecular complexity index is 922. The molecule has 1 unspecified atom stereocenters. The number of nitrogens with zero attached hydrogens (tertiary/aromatic N) is 2. The molecule has 2 rings (SSSR count). The maximum atomic E-state index is 11.4. The van der Waals surface area contributed by atoms with E-state index in [2.05, 4.69) is 0 Å². The molecule has 2 fully saturated rings. The normalized spacial score (nSPS) is 33.8. The number of hydrogen-bond donors (Lipinski definition) is 11. The summed E-state index contributed by atoms with van der Waals surface area (Å²) in [6.45, 7) is -6.01. The van der Waals surface area contributed by atoms with Gasteiger partial charge in [-0.05, 0) is 0 Å². The number of aliphatic hydroxyl groups excluding tert-OH is 7. The Morgan fingerprint density at radius 3 is 1.70 bits per heavy atom. The van der Waals surface area contributed by atoms with Crippen molar-refractivity contribution < 1.29 is 94.3 Å². The fraction of sp³-hybridized carbons (Fsp3) is 0.818. The number of ether oxygens (including phenoxy) is 4. The first-order chi connectivity index (χ1) is 20.0. The Balaban J connectivity index is 2.29. The topological polar surface area (TPSA) is 334 Å². The zero-order valence-electron chi connectivity index (χ0n) is 22.4. The van der Waals surface area contributed by atoms with Crippen LogP contribution in [0.25, 0.3) is 0 Å². The van der Waals surface area contributed by atoms with E-state index in [0.29, 0.717) is 4.90 Å². The van der Waals surface area contributed by atoms with Gasteiger partial charge in [0.1, 0.15) is 55.1 Å². The predicted molar refractivity (Wildman–Crippen MR) is 130 cm³/mol. The van der Waals surface area contributed by atoms with E-state index in [1.807, 2.05) is 0 Å². The minimum atomic E-state index is -2.01. The van der Waals surface area contributed by atoms with Crippen LogP contribution in [0.3, 0.4) is 0 Å². The number of hydrogen-bond acceptors (Lipinski definition) is 17. The minimum absolute atomic E-state index is 0.670. The van der Waals surface area contributed by atoms with E-state index in [4.69, 9.17) is 29.2 Å². The molecule has 0 bridgehead atoms. The molecule has 0 saturated carbocycles. The van der Waals surface area contributed by atoms with Crippen LogP contribution in [0.4, 0.5) is 0 Å². The van der Waals surface area contributed by atoms with Crippen LogP contribution in [-0.2, 0) is 38.1 Å². The fourth-order valence-corrected chi connectivity index (χ4v) is 4.43. The molecule has 11 atom stereocenters. The lowest BCUT2D eigenvalue weighted by Crippen LogP contribution is -2.64. The standard InChI is InChI=1S/C22H36N2O19/c25-6-8-20(17(36)18(37)21(39)41-8)43-22-19(38)16(35)15(34)9(42-22)7-40-10(24(4-13(30)31)5-14(32)33)1-23(2-11(26)27)3-12(28)29/h8-10,15-22,25,34-39H,1-7H2,(H,26,27)(H,28,29)(H,30,31)(H,32,33)/t8-,9-,10?,15+,16+,17-,18-,19-,20-,21+,22+/m1/s1. The smallest absolute Gasteiger partial charge is 0.317 e. The molecule has 11 N–H and O–H groups in total. The van der Waals surface area contributed by atoms with E-state index < -0.39 is 137 Å². The van der Waals surface area contributed by atoms with Crippen LogP contribution in [-0.4, -0.2) is 203 Å². The number of aliphatic hydroxyl groups is 7. The van der Waals surface area contributed by atoms with Crippen molar-refractivity contribution in [2.24, 2.45) is 0 Å². The Kier molecular flexibility index (Phi) is 14.0. The molecule has 248 valence electrons. The average molecular weight is 633 g/mol. The molecule has 0 aromatic carbocycles. The molecule has 0 radical (unpaired) electrons. The van der Waals surface area contributed by atoms with Crippen LogP contribution < -0.4 is 0 Å². The molecule has 0 amide bonds. The summed E-state index contributed by atoms with van der Waals surface area (Å²) in [5.41, 5.74) is 0. The van der Waals surface area contributed by atoms with Crippen molar-refractivity contribution in [1.29, 1.82) is 0 Å². The van der Waals surface area contributed by atoms with Gasteiger partial charge in [-0.15, -0.1) is 0 Å². The molecule has 21 heteroatoms. The first kappa shape index (κ1) is 36.6. The Hall–Kier alpha value is -2.64. The molecular formula is C22H36N2O19. The second-order valence-electron chi connectivity index (χ2n) is 9.78. The van der Waals surface area contributed by atoms with Gasteiger partial charge in [0.05, 0.1) is 39.4 Å². The maximum Gasteiger partial charge on any atom is 0.317 e. The van der Waals surface area contributed by atoms with Crippen molar-refractivity contribution in [1.82, 2.24) is 9.80 Å². The van der Waals surface area contributed by atoms with E-state index in [1.54, 1.807) is 0 Å². The van der Waals surface area contributed by atoms with Gasteiger partial charge in [-0.1, -0.05) is 0 Å². The number of carboxylic acids is 4. The summed E-state index contributed by atoms with van der Waals surface area (Å²) in [5, 5.41) is 108. The minimum Gasteiger partial charge on any atom is -0.480 e. The third-order valence-electron chi connectivity index (χ3n) is 6.47. The third-order valence-corrected chi connectivity index (χ3v) is 6.47. The van der Waals surface area contributed by atoms with Crippen molar-refractivity contribution in [2.45, 2.75) is 67.6 Å². The van der Waals surface area contributed by atoms with Gasteiger partial charge in [0, 0.05) is 6.54 Å². The van der Waals surface area contributed by atoms with Gasteiger partial charge in [0.25, 0.3) is 0 Å². The highest BCUT2D eigenvalue weighted by molar-refractivity contribution is 5.73. The highest BCUT2D eigenvalue weighted by atomic mass is 16.7. The van der Waals surface area contributed by atoms with Crippen molar-refractivity contribution in [2.75, 3.05) is 45.9 Å². The predicted octanol–water partition coefficient (Wildman–Crippen LogP) is -7.10. The Morgan fingerprint density at radius 2 is 1.21 bits per heavy atom. The van der Waals surface area contributed by atoms with Gasteiger partial charge in [0.2, 0.25) is 0 Å². The summed E-state index contributed by atoms with van der Waals surface area (Å²) in [4.78, 5) is 46.8. The molecule has 0 spiro atoms. The molecule has 43 heavy (non-hydrogen) atoms. The summed E-state index contributed by atoms with van der Waals surface area (Å²) >= 11 is 0. The van der Waals surface area contributed by atoms with Crippen molar-refractivity contribution in [3.63, 3.8) is 0 Å². The summed E-state index contributed by atoms with van der Waals surface area (Å²) in [6, 6.07) is 0. The number of aliphatic carboxylic acids is 4. The van der Waals surface area contributed by atoms with Crippen LogP contribution in [0.1, 0.15) is 0 Å². The molecule has 0 aromatic rings. The summed E-state index contributed by atoms with van der Waals surface area (Å²) in [5.74, 6) is -6.01. The van der Waals surface area contributed by atoms with Gasteiger partial charge in [-0.25, -0.2) is 0 Å². The van der Waals surface area contributed by atoms with Crippen LogP contribution in [0.5, 0.6) is 0 Å². The molecule has 2 heterocycles. The van der Waals surface area contributed by atoms with E-state index in [9.17, 15) is 65.1 Å². The lowest BCUT2D eigenvalue weighted by atomic mass is 9.97. The lowest BCUT2D eigenvalue weighted by molar-refractivity contribution is -0.357. The molecule has 2 aliphatic rings. The Labute approximate surface area is 242 Å². The molecule has 21 nitrogen and oxygen atoms in total. The first-order valence-corrected chi connectivity index (χ1v) is 12.7. The average Bonchev–Trinajstić information content (AvgIpc) is 2.90.